The number of rotatable bonds is 7. The fraction of sp³-hybridized carbons (Fsp3) is 0.833. The average molecular weight is 241 g/mol. The molecule has 0 saturated carbocycles. The highest BCUT2D eigenvalue weighted by Gasteiger charge is 2.31. The highest BCUT2D eigenvalue weighted by molar-refractivity contribution is 4.94. The molecule has 98 valence electrons. The van der Waals surface area contributed by atoms with E-state index >= 15 is 0 Å². The van der Waals surface area contributed by atoms with Crippen molar-refractivity contribution in [2.75, 3.05) is 13.2 Å². The van der Waals surface area contributed by atoms with E-state index in [0.29, 0.717) is 12.3 Å². The van der Waals surface area contributed by atoms with Crippen molar-refractivity contribution >= 4 is 0 Å². The van der Waals surface area contributed by atoms with Gasteiger partial charge >= 0.3 is 0 Å². The van der Waals surface area contributed by atoms with Gasteiger partial charge < -0.3 is 10.2 Å². The standard InChI is InChI=1S/C12H23N3O2/c1-4-15-11(13-9-14-15)6-12(7-16,8-17)5-10(2)3/h9-10,16-17H,4-8H2,1-3H3. The first-order valence-corrected chi connectivity index (χ1v) is 6.15. The van der Waals surface area contributed by atoms with Gasteiger partial charge in [-0.2, -0.15) is 5.10 Å². The van der Waals surface area contributed by atoms with Gasteiger partial charge in [0.1, 0.15) is 12.2 Å². The molecule has 1 aromatic rings. The fourth-order valence-corrected chi connectivity index (χ4v) is 2.25. The van der Waals surface area contributed by atoms with Gasteiger partial charge in [-0.25, -0.2) is 4.98 Å². The molecule has 5 heteroatoms. The van der Waals surface area contributed by atoms with Crippen LogP contribution in [0.15, 0.2) is 6.33 Å². The van der Waals surface area contributed by atoms with Crippen LogP contribution in [0.25, 0.3) is 0 Å². The molecule has 1 aromatic heterocycles. The number of nitrogens with zero attached hydrogens (tertiary/aromatic N) is 3. The summed E-state index contributed by atoms with van der Waals surface area (Å²) in [6, 6.07) is 0. The minimum absolute atomic E-state index is 0.0295. The van der Waals surface area contributed by atoms with Gasteiger partial charge in [-0.3, -0.25) is 4.68 Å². The summed E-state index contributed by atoms with van der Waals surface area (Å²) < 4.78 is 1.81. The van der Waals surface area contributed by atoms with E-state index in [1.807, 2.05) is 6.92 Å². The highest BCUT2D eigenvalue weighted by atomic mass is 16.3. The first-order chi connectivity index (χ1) is 8.06. The molecule has 0 atom stereocenters. The summed E-state index contributed by atoms with van der Waals surface area (Å²) >= 11 is 0. The average Bonchev–Trinajstić information content (AvgIpc) is 2.74. The Balaban J connectivity index is 2.85. The lowest BCUT2D eigenvalue weighted by Crippen LogP contribution is -2.35. The van der Waals surface area contributed by atoms with Crippen molar-refractivity contribution in [3.8, 4) is 0 Å². The van der Waals surface area contributed by atoms with Crippen LogP contribution in [0.4, 0.5) is 0 Å². The van der Waals surface area contributed by atoms with Crippen molar-refractivity contribution in [1.29, 1.82) is 0 Å². The Bertz CT molecular complexity index is 332. The zero-order chi connectivity index (χ0) is 12.9. The molecule has 0 bridgehead atoms. The van der Waals surface area contributed by atoms with Crippen LogP contribution in [0.2, 0.25) is 0 Å². The second kappa shape index (κ2) is 6.12. The van der Waals surface area contributed by atoms with Gasteiger partial charge in [0.25, 0.3) is 0 Å². The van der Waals surface area contributed by atoms with Crippen LogP contribution >= 0.6 is 0 Å². The van der Waals surface area contributed by atoms with Gasteiger partial charge in [0.2, 0.25) is 0 Å². The summed E-state index contributed by atoms with van der Waals surface area (Å²) in [6.45, 7) is 6.87. The number of aliphatic hydroxyl groups is 2. The molecule has 1 heterocycles. The minimum atomic E-state index is -0.492. The molecule has 1 rings (SSSR count). The molecule has 0 fully saturated rings. The quantitative estimate of drug-likeness (QED) is 0.742. The maximum Gasteiger partial charge on any atom is 0.138 e. The third kappa shape index (κ3) is 3.51. The van der Waals surface area contributed by atoms with Crippen LogP contribution in [0.3, 0.4) is 0 Å². The van der Waals surface area contributed by atoms with Crippen molar-refractivity contribution < 1.29 is 10.2 Å². The normalized spacial score (nSPS) is 12.4. The van der Waals surface area contributed by atoms with E-state index in [-0.39, 0.29) is 13.2 Å². The lowest BCUT2D eigenvalue weighted by atomic mass is 9.78. The zero-order valence-electron chi connectivity index (χ0n) is 10.9. The third-order valence-electron chi connectivity index (χ3n) is 3.04. The Hall–Kier alpha value is -0.940. The molecule has 5 nitrogen and oxygen atoms in total. The Morgan fingerprint density at radius 1 is 1.35 bits per heavy atom. The summed E-state index contributed by atoms with van der Waals surface area (Å²) in [5.74, 6) is 1.25. The zero-order valence-corrected chi connectivity index (χ0v) is 10.9. The monoisotopic (exact) mass is 241 g/mol. The number of aryl methyl sites for hydroxylation is 1. The van der Waals surface area contributed by atoms with Crippen LogP contribution in [0.5, 0.6) is 0 Å². The first-order valence-electron chi connectivity index (χ1n) is 6.15. The van der Waals surface area contributed by atoms with Crippen molar-refractivity contribution in [1.82, 2.24) is 14.8 Å². The predicted octanol–water partition coefficient (Wildman–Crippen LogP) is 0.858. The Labute approximate surface area is 102 Å². The first kappa shape index (κ1) is 14.1. The Morgan fingerprint density at radius 3 is 2.47 bits per heavy atom. The molecule has 0 aliphatic rings. The second-order valence-corrected chi connectivity index (χ2v) is 5.08. The number of hydrogen-bond acceptors (Lipinski definition) is 4. The van der Waals surface area contributed by atoms with E-state index in [2.05, 4.69) is 23.9 Å². The molecular weight excluding hydrogens is 218 g/mol. The summed E-state index contributed by atoms with van der Waals surface area (Å²) in [7, 11) is 0. The maximum absolute atomic E-state index is 9.57. The van der Waals surface area contributed by atoms with Gasteiger partial charge in [-0.1, -0.05) is 13.8 Å². The predicted molar refractivity (Wildman–Crippen MR) is 65.5 cm³/mol. The molecule has 0 spiro atoms. The van der Waals surface area contributed by atoms with Gasteiger partial charge in [0.15, 0.2) is 0 Å². The SMILES string of the molecule is CCn1ncnc1CC(CO)(CO)CC(C)C. The van der Waals surface area contributed by atoms with Gasteiger partial charge in [0, 0.05) is 18.4 Å². The van der Waals surface area contributed by atoms with E-state index < -0.39 is 5.41 Å². The lowest BCUT2D eigenvalue weighted by Gasteiger charge is -2.31. The third-order valence-corrected chi connectivity index (χ3v) is 3.04. The largest absolute Gasteiger partial charge is 0.396 e. The van der Waals surface area contributed by atoms with Crippen LogP contribution in [-0.4, -0.2) is 38.2 Å². The van der Waals surface area contributed by atoms with Gasteiger partial charge in [0.05, 0.1) is 13.2 Å². The molecule has 0 radical (unpaired) electrons. The smallest absolute Gasteiger partial charge is 0.138 e. The lowest BCUT2D eigenvalue weighted by molar-refractivity contribution is 0.0345. The molecule has 0 aliphatic carbocycles. The molecular formula is C12H23N3O2. The van der Waals surface area contributed by atoms with Crippen LogP contribution in [0, 0.1) is 11.3 Å². The van der Waals surface area contributed by atoms with Crippen molar-refractivity contribution in [2.24, 2.45) is 11.3 Å². The highest BCUT2D eigenvalue weighted by Crippen LogP contribution is 2.29. The van der Waals surface area contributed by atoms with E-state index in [4.69, 9.17) is 0 Å². The second-order valence-electron chi connectivity index (χ2n) is 5.08. The molecule has 17 heavy (non-hydrogen) atoms. The summed E-state index contributed by atoms with van der Waals surface area (Å²) in [4.78, 5) is 4.20. The number of aromatic nitrogens is 3. The van der Waals surface area contributed by atoms with Crippen LogP contribution in [-0.2, 0) is 13.0 Å². The molecule has 0 aromatic carbocycles. The van der Waals surface area contributed by atoms with Gasteiger partial charge in [-0.15, -0.1) is 0 Å². The van der Waals surface area contributed by atoms with Crippen molar-refractivity contribution in [3.05, 3.63) is 12.2 Å². The Morgan fingerprint density at radius 2 is 2.00 bits per heavy atom. The molecule has 0 saturated heterocycles. The van der Waals surface area contributed by atoms with Crippen LogP contribution in [0.1, 0.15) is 33.0 Å². The van der Waals surface area contributed by atoms with Crippen molar-refractivity contribution in [2.45, 2.75) is 40.2 Å². The minimum Gasteiger partial charge on any atom is -0.396 e. The number of aliphatic hydroxyl groups excluding tert-OH is 2. The van der Waals surface area contributed by atoms with E-state index in [0.717, 1.165) is 18.8 Å². The van der Waals surface area contributed by atoms with Crippen LogP contribution < -0.4 is 0 Å². The van der Waals surface area contributed by atoms with E-state index in [9.17, 15) is 10.2 Å². The van der Waals surface area contributed by atoms with Gasteiger partial charge in [-0.05, 0) is 19.3 Å². The maximum atomic E-state index is 9.57. The fourth-order valence-electron chi connectivity index (χ4n) is 2.25. The van der Waals surface area contributed by atoms with E-state index in [1.54, 1.807) is 4.68 Å². The summed E-state index contributed by atoms with van der Waals surface area (Å²) in [5.41, 5.74) is -0.492. The summed E-state index contributed by atoms with van der Waals surface area (Å²) in [5, 5.41) is 23.2. The molecule has 0 amide bonds. The topological polar surface area (TPSA) is 71.2 Å². The van der Waals surface area contributed by atoms with E-state index in [1.165, 1.54) is 6.33 Å². The Kier molecular flexibility index (Phi) is 5.08. The molecule has 0 unspecified atom stereocenters. The molecule has 0 aliphatic heterocycles. The number of hydrogen-bond donors (Lipinski definition) is 2. The summed E-state index contributed by atoms with van der Waals surface area (Å²) in [6.07, 6.45) is 2.86. The molecule has 2 N–H and O–H groups in total. The van der Waals surface area contributed by atoms with Crippen molar-refractivity contribution in [3.63, 3.8) is 0 Å².